The van der Waals surface area contributed by atoms with E-state index in [0.29, 0.717) is 11.4 Å². The van der Waals surface area contributed by atoms with Crippen molar-refractivity contribution in [3.8, 4) is 0 Å². The SMILES string of the molecule is Cc1cc(N2CCN(c3ncccc3C(N)=O)CC2)ccn1. The van der Waals surface area contributed by atoms with E-state index in [9.17, 15) is 4.79 Å². The Bertz CT molecular complexity index is 680. The molecule has 3 heterocycles. The second-order valence-electron chi connectivity index (χ2n) is 5.37. The van der Waals surface area contributed by atoms with Crippen molar-refractivity contribution in [2.75, 3.05) is 36.0 Å². The Kier molecular flexibility index (Phi) is 3.91. The molecule has 0 unspecified atom stereocenters. The first-order chi connectivity index (χ1) is 10.6. The monoisotopic (exact) mass is 297 g/mol. The molecule has 0 atom stereocenters. The topological polar surface area (TPSA) is 75.3 Å². The average Bonchev–Trinajstić information content (AvgIpc) is 2.55. The summed E-state index contributed by atoms with van der Waals surface area (Å²) in [5.74, 6) is 0.246. The van der Waals surface area contributed by atoms with Crippen LogP contribution in [-0.2, 0) is 0 Å². The van der Waals surface area contributed by atoms with Gasteiger partial charge in [-0.3, -0.25) is 9.78 Å². The fraction of sp³-hybridized carbons (Fsp3) is 0.312. The molecular weight excluding hydrogens is 278 g/mol. The van der Waals surface area contributed by atoms with Crippen molar-refractivity contribution in [1.82, 2.24) is 9.97 Å². The molecule has 2 aromatic rings. The molecule has 1 saturated heterocycles. The predicted molar refractivity (Wildman–Crippen MR) is 86.2 cm³/mol. The van der Waals surface area contributed by atoms with Gasteiger partial charge in [0.15, 0.2) is 0 Å². The van der Waals surface area contributed by atoms with Crippen molar-refractivity contribution in [2.24, 2.45) is 5.73 Å². The number of hydrogen-bond acceptors (Lipinski definition) is 5. The van der Waals surface area contributed by atoms with Crippen molar-refractivity contribution in [3.05, 3.63) is 47.9 Å². The number of rotatable bonds is 3. The van der Waals surface area contributed by atoms with Gasteiger partial charge < -0.3 is 15.5 Å². The van der Waals surface area contributed by atoms with Crippen LogP contribution >= 0.6 is 0 Å². The van der Waals surface area contributed by atoms with Crippen LogP contribution in [0.4, 0.5) is 11.5 Å². The zero-order chi connectivity index (χ0) is 15.5. The number of carbonyl (C=O) groups excluding carboxylic acids is 1. The van der Waals surface area contributed by atoms with E-state index >= 15 is 0 Å². The number of hydrogen-bond donors (Lipinski definition) is 1. The van der Waals surface area contributed by atoms with Gasteiger partial charge >= 0.3 is 0 Å². The second-order valence-corrected chi connectivity index (χ2v) is 5.37. The molecule has 0 bridgehead atoms. The summed E-state index contributed by atoms with van der Waals surface area (Å²) in [7, 11) is 0. The minimum absolute atomic E-state index is 0.435. The Balaban J connectivity index is 1.73. The summed E-state index contributed by atoms with van der Waals surface area (Å²) in [6.07, 6.45) is 3.53. The molecule has 0 spiro atoms. The standard InChI is InChI=1S/C16H19N5O/c1-12-11-13(4-6-18-12)20-7-9-21(10-8-20)16-14(15(17)22)3-2-5-19-16/h2-6,11H,7-10H2,1H3,(H2,17,22). The highest BCUT2D eigenvalue weighted by Gasteiger charge is 2.21. The fourth-order valence-corrected chi connectivity index (χ4v) is 2.75. The molecule has 3 rings (SSSR count). The van der Waals surface area contributed by atoms with E-state index in [4.69, 9.17) is 5.73 Å². The van der Waals surface area contributed by atoms with Gasteiger partial charge in [-0.25, -0.2) is 4.98 Å². The van der Waals surface area contributed by atoms with Crippen LogP contribution in [0.25, 0.3) is 0 Å². The van der Waals surface area contributed by atoms with E-state index in [-0.39, 0.29) is 0 Å². The zero-order valence-corrected chi connectivity index (χ0v) is 12.6. The summed E-state index contributed by atoms with van der Waals surface area (Å²) in [5, 5.41) is 0. The van der Waals surface area contributed by atoms with Gasteiger partial charge in [0, 0.05) is 50.0 Å². The van der Waals surface area contributed by atoms with Crippen LogP contribution in [0.5, 0.6) is 0 Å². The summed E-state index contributed by atoms with van der Waals surface area (Å²) < 4.78 is 0. The zero-order valence-electron chi connectivity index (χ0n) is 12.6. The van der Waals surface area contributed by atoms with Crippen molar-refractivity contribution in [3.63, 3.8) is 0 Å². The summed E-state index contributed by atoms with van der Waals surface area (Å²) in [6.45, 7) is 5.35. The highest BCUT2D eigenvalue weighted by Crippen LogP contribution is 2.21. The maximum atomic E-state index is 11.5. The lowest BCUT2D eigenvalue weighted by atomic mass is 10.2. The Morgan fingerprint density at radius 3 is 2.50 bits per heavy atom. The van der Waals surface area contributed by atoms with Crippen molar-refractivity contribution in [2.45, 2.75) is 6.92 Å². The number of anilines is 2. The van der Waals surface area contributed by atoms with E-state index in [1.54, 1.807) is 18.3 Å². The molecule has 1 amide bonds. The number of pyridine rings is 2. The molecule has 22 heavy (non-hydrogen) atoms. The Morgan fingerprint density at radius 2 is 1.82 bits per heavy atom. The highest BCUT2D eigenvalue weighted by molar-refractivity contribution is 5.97. The summed E-state index contributed by atoms with van der Waals surface area (Å²) in [4.78, 5) is 24.5. The van der Waals surface area contributed by atoms with Crippen LogP contribution in [0.15, 0.2) is 36.7 Å². The number of carbonyl (C=O) groups is 1. The van der Waals surface area contributed by atoms with Gasteiger partial charge in [0.05, 0.1) is 5.56 Å². The quantitative estimate of drug-likeness (QED) is 0.921. The minimum atomic E-state index is -0.435. The number of nitrogens with zero attached hydrogens (tertiary/aromatic N) is 4. The van der Waals surface area contributed by atoms with Gasteiger partial charge in [-0.1, -0.05) is 0 Å². The number of aromatic nitrogens is 2. The predicted octanol–water partition coefficient (Wildman–Crippen LogP) is 1.21. The van der Waals surface area contributed by atoms with E-state index in [0.717, 1.165) is 31.9 Å². The molecule has 0 radical (unpaired) electrons. The Labute approximate surface area is 129 Å². The van der Waals surface area contributed by atoms with E-state index in [1.165, 1.54) is 5.69 Å². The van der Waals surface area contributed by atoms with Gasteiger partial charge in [0.2, 0.25) is 0 Å². The van der Waals surface area contributed by atoms with Crippen molar-refractivity contribution in [1.29, 1.82) is 0 Å². The Hall–Kier alpha value is -2.63. The Morgan fingerprint density at radius 1 is 1.09 bits per heavy atom. The molecule has 0 aromatic carbocycles. The van der Waals surface area contributed by atoms with Crippen LogP contribution in [0, 0.1) is 6.92 Å². The van der Waals surface area contributed by atoms with Crippen molar-refractivity contribution < 1.29 is 4.79 Å². The van der Waals surface area contributed by atoms with Gasteiger partial charge in [-0.15, -0.1) is 0 Å². The summed E-state index contributed by atoms with van der Waals surface area (Å²) >= 11 is 0. The van der Waals surface area contributed by atoms with E-state index in [1.807, 2.05) is 19.2 Å². The van der Waals surface area contributed by atoms with E-state index < -0.39 is 5.91 Å². The van der Waals surface area contributed by atoms with Gasteiger partial charge in [-0.05, 0) is 31.2 Å². The molecule has 2 N–H and O–H groups in total. The first-order valence-corrected chi connectivity index (χ1v) is 7.32. The summed E-state index contributed by atoms with van der Waals surface area (Å²) in [5.41, 5.74) is 8.11. The van der Waals surface area contributed by atoms with Crippen LogP contribution in [0.2, 0.25) is 0 Å². The maximum absolute atomic E-state index is 11.5. The number of aryl methyl sites for hydroxylation is 1. The lowest BCUT2D eigenvalue weighted by molar-refractivity contribution is 0.100. The van der Waals surface area contributed by atoms with Gasteiger partial charge in [0.25, 0.3) is 5.91 Å². The molecule has 1 fully saturated rings. The molecule has 0 aliphatic carbocycles. The molecule has 0 saturated carbocycles. The molecule has 1 aliphatic rings. The number of nitrogens with two attached hydrogens (primary N) is 1. The second kappa shape index (κ2) is 6.01. The van der Waals surface area contributed by atoms with Crippen LogP contribution < -0.4 is 15.5 Å². The van der Waals surface area contributed by atoms with Crippen LogP contribution in [0.1, 0.15) is 16.1 Å². The third-order valence-corrected chi connectivity index (χ3v) is 3.88. The minimum Gasteiger partial charge on any atom is -0.368 e. The normalized spacial score (nSPS) is 15.0. The van der Waals surface area contributed by atoms with Crippen LogP contribution in [-0.4, -0.2) is 42.1 Å². The lowest BCUT2D eigenvalue weighted by Crippen LogP contribution is -2.47. The number of primary amides is 1. The third-order valence-electron chi connectivity index (χ3n) is 3.88. The maximum Gasteiger partial charge on any atom is 0.252 e. The van der Waals surface area contributed by atoms with Crippen LogP contribution in [0.3, 0.4) is 0 Å². The lowest BCUT2D eigenvalue weighted by Gasteiger charge is -2.37. The molecule has 114 valence electrons. The molecule has 6 heteroatoms. The van der Waals surface area contributed by atoms with Crippen molar-refractivity contribution >= 4 is 17.4 Å². The molecule has 6 nitrogen and oxygen atoms in total. The van der Waals surface area contributed by atoms with E-state index in [2.05, 4.69) is 25.8 Å². The van der Waals surface area contributed by atoms with Gasteiger partial charge in [0.1, 0.15) is 5.82 Å². The summed E-state index contributed by atoms with van der Waals surface area (Å²) in [6, 6.07) is 7.58. The first-order valence-electron chi connectivity index (χ1n) is 7.32. The number of piperazine rings is 1. The molecule has 2 aromatic heterocycles. The number of amides is 1. The molecule has 1 aliphatic heterocycles. The molecular formula is C16H19N5O. The fourth-order valence-electron chi connectivity index (χ4n) is 2.75. The van der Waals surface area contributed by atoms with Gasteiger partial charge in [-0.2, -0.15) is 0 Å². The largest absolute Gasteiger partial charge is 0.368 e. The highest BCUT2D eigenvalue weighted by atomic mass is 16.1. The first kappa shape index (κ1) is 14.3. The average molecular weight is 297 g/mol. The smallest absolute Gasteiger partial charge is 0.252 e. The third kappa shape index (κ3) is 2.86.